The van der Waals surface area contributed by atoms with Crippen molar-refractivity contribution in [2.75, 3.05) is 104 Å². The summed E-state index contributed by atoms with van der Waals surface area (Å²) in [5, 5.41) is 21.3. The SMILES string of the molecule is C=C(C)[C@@H]1CC[C@]2(NCCN3CCC(S(C)(=O)=O)CC3)CC[C@]3(C)[C@H](CC[C@@H]4[C@@]5(C)CC=C(C)C(C)(C)[C@@H]5CC[C@]43C)[C@@H]12.C=C(C)[C@@H]1CC[C@]2(NCCN3CCC(S(C)(=O)=O)CC3)CC[C@]3(C)[C@H](CC[C@@H]4[C@@]5(C)CC=C(C=C/C=C/C(=O)O)C(C)(C)[C@@H]5CC[C@]43C)[C@@H]12.C=C(C)[C@@H]1CC[C@]2(NCCN3CCC(S(C)(=O)=O)CC3)CC[C@]3(C)[C@H](CC[C@@H]4[C@@]5(C)CC=C(C=C/C=C/C(=O)OC)C(C)(C)[C@@H]5CC[C@]43C)[C@@H]12. The molecule has 0 amide bonds. The fourth-order valence-corrected chi connectivity index (χ4v) is 43.9. The van der Waals surface area contributed by atoms with Gasteiger partial charge < -0.3 is 40.5 Å². The Hall–Kier alpha value is -4.05. The van der Waals surface area contributed by atoms with Gasteiger partial charge in [0.15, 0.2) is 0 Å². The van der Waals surface area contributed by atoms with E-state index in [1.54, 1.807) is 17.7 Å². The first kappa shape index (κ1) is 111. The zero-order valence-corrected chi connectivity index (χ0v) is 95.8. The molecular weight excluding hydrogens is 1820 g/mol. The number of piperidine rings is 3. The van der Waals surface area contributed by atoms with Gasteiger partial charge in [-0.25, -0.2) is 34.8 Å². The molecule has 3 aliphatic heterocycles. The zero-order valence-electron chi connectivity index (χ0n) is 93.4. The molecule has 798 valence electrons. The standard InChI is InChI=1S/C43H68N2O4S.C42H66N2O4S.C38H64N2O2S/c1-30(2)33-17-23-43(44-26-29-45-27-19-32(20-28-45)50(9,47)48)25-24-41(6)34(38(33)43)14-15-36-40(5)21-16-31(12-10-11-13-37(46)49-8)39(3,4)35(40)18-22-42(36,41)7;1-29(2)32-16-22-42(43-25-28-44-26-18-31(19-27-44)49(8,47)48)24-23-40(6)33(37(32)42)13-14-35-39(5)20-15-30(11-9-10-12-36(45)46)38(3,4)34(39)17-21-41(35,40)7;1-26(2)29-13-19-38(39-22-25-40-23-15-28(16-24-40)43(9,41)42)21-20-36(7)30(33(29)38)10-11-32-35(6)17-12-27(3)34(4,5)31(35)14-18-37(32,36)8/h10-13,16,32-36,38,44H,1,14-15,17-29H2,2-9H3;9-12,15,31-35,37,43H,1,13-14,16-28H2,2-8H3,(H,45,46);12,28-33,39H,1,10-11,13-25H2,2-9H3/b12-10?,13-11+;11-9?,12-10+;/t33-,34+,35-,36+,38+,40-,41+,42+,43-;32-,33+,34-,35+,37+,39-,40+,41+,42-;29-,30+,31-,32+,33+,35-,36+,37+,38-/m000/s1. The van der Waals surface area contributed by atoms with Crippen molar-refractivity contribution in [3.8, 4) is 0 Å². The van der Waals surface area contributed by atoms with Gasteiger partial charge in [0.2, 0.25) is 0 Å². The fourth-order valence-electron chi connectivity index (χ4n) is 40.7. The van der Waals surface area contributed by atoms with E-state index in [9.17, 15) is 34.8 Å². The van der Waals surface area contributed by atoms with Crippen molar-refractivity contribution >= 4 is 41.5 Å². The zero-order chi connectivity index (χ0) is 103. The van der Waals surface area contributed by atoms with Crippen molar-refractivity contribution in [2.45, 2.75) is 376 Å². The van der Waals surface area contributed by atoms with E-state index in [1.807, 2.05) is 12.2 Å². The number of rotatable bonds is 24. The maximum Gasteiger partial charge on any atom is 0.330 e. The Balaban J connectivity index is 0.000000154. The normalized spacial score (nSPS) is 43.7. The number of ether oxygens (including phenoxy) is 1. The van der Waals surface area contributed by atoms with Gasteiger partial charge in [-0.3, -0.25) is 0 Å². The highest BCUT2D eigenvalue weighted by atomic mass is 32.2. The van der Waals surface area contributed by atoms with Crippen LogP contribution in [0.3, 0.4) is 0 Å². The Bertz CT molecular complexity index is 5290. The van der Waals surface area contributed by atoms with Crippen LogP contribution in [0.25, 0.3) is 0 Å². The third kappa shape index (κ3) is 19.1. The molecule has 0 aromatic rings. The summed E-state index contributed by atoms with van der Waals surface area (Å²) in [5.74, 6) is 8.91. The monoisotopic (exact) mass is 2020 g/mol. The second-order valence-electron chi connectivity index (χ2n) is 55.7. The summed E-state index contributed by atoms with van der Waals surface area (Å²) in [5.41, 5.74) is 12.5. The minimum atomic E-state index is -2.95. The molecule has 0 aromatic heterocycles. The Morgan fingerprint density at radius 1 is 0.373 bits per heavy atom. The minimum absolute atomic E-state index is 0.0435. The quantitative estimate of drug-likeness (QED) is 0.0306. The van der Waals surface area contributed by atoms with Gasteiger partial charge in [-0.15, -0.1) is 0 Å². The van der Waals surface area contributed by atoms with Gasteiger partial charge in [-0.05, 0) is 444 Å². The first-order chi connectivity index (χ1) is 66.3. The lowest BCUT2D eigenvalue weighted by atomic mass is 9.33. The lowest BCUT2D eigenvalue weighted by Crippen LogP contribution is -2.68. The number of nitrogens with one attached hydrogen (secondary N) is 3. The Morgan fingerprint density at radius 2 is 0.662 bits per heavy atom. The number of likely N-dealkylation sites (tertiary alicyclic amines) is 3. The van der Waals surface area contributed by atoms with Gasteiger partial charge in [-0.2, -0.15) is 0 Å². The van der Waals surface area contributed by atoms with Crippen LogP contribution in [0, 0.1) is 154 Å². The molecule has 142 heavy (non-hydrogen) atoms. The van der Waals surface area contributed by atoms with E-state index in [4.69, 9.17) is 9.84 Å². The molecule has 16 nitrogen and oxygen atoms in total. The van der Waals surface area contributed by atoms with Crippen molar-refractivity contribution < 1.29 is 44.7 Å². The van der Waals surface area contributed by atoms with Crippen LogP contribution in [0.15, 0.2) is 120 Å². The van der Waals surface area contributed by atoms with Crippen molar-refractivity contribution in [3.63, 3.8) is 0 Å². The van der Waals surface area contributed by atoms with Gasteiger partial charge in [0.1, 0.15) is 29.5 Å². The Labute approximate surface area is 864 Å². The predicted molar refractivity (Wildman–Crippen MR) is 587 cm³/mol. The Morgan fingerprint density at radius 3 is 0.944 bits per heavy atom. The third-order valence-corrected chi connectivity index (χ3v) is 54.1. The van der Waals surface area contributed by atoms with Crippen LogP contribution >= 0.6 is 0 Å². The number of esters is 1. The lowest BCUT2D eigenvalue weighted by molar-refractivity contribution is -0.221. The number of hydrogen-bond donors (Lipinski definition) is 4. The summed E-state index contributed by atoms with van der Waals surface area (Å²) < 4.78 is 77.3. The first-order valence-electron chi connectivity index (χ1n) is 57.4. The molecular formula is C123H198N6O10S3. The molecule has 0 aromatic carbocycles. The molecule has 15 fully saturated rings. The number of allylic oxidation sites excluding steroid dienone is 15. The minimum Gasteiger partial charge on any atom is -0.478 e. The van der Waals surface area contributed by atoms with Gasteiger partial charge in [0, 0.05) is 86.8 Å². The average Bonchev–Trinajstić information content (AvgIpc) is 1.02. The Kier molecular flexibility index (Phi) is 31.3. The molecule has 0 bridgehead atoms. The van der Waals surface area contributed by atoms with Crippen molar-refractivity contribution in [2.24, 2.45) is 154 Å². The molecule has 27 atom stereocenters. The van der Waals surface area contributed by atoms with E-state index in [0.717, 1.165) is 148 Å². The number of nitrogens with zero attached hydrogens (tertiary/aromatic N) is 3. The molecule has 15 aliphatic carbocycles. The van der Waals surface area contributed by atoms with Crippen molar-refractivity contribution in [1.82, 2.24) is 30.7 Å². The lowest BCUT2D eigenvalue weighted by Gasteiger charge is -2.72. The van der Waals surface area contributed by atoms with Crippen LogP contribution < -0.4 is 16.0 Å². The van der Waals surface area contributed by atoms with E-state index in [-0.39, 0.29) is 60.0 Å². The number of methoxy groups -OCH3 is 1. The second kappa shape index (κ2) is 40.2. The molecule has 4 N–H and O–H groups in total. The summed E-state index contributed by atoms with van der Waals surface area (Å²) in [6.45, 7) is 73.8. The third-order valence-electron chi connectivity index (χ3n) is 49.1. The first-order valence-corrected chi connectivity index (χ1v) is 63.2. The average molecular weight is 2020 g/mol. The maximum atomic E-state index is 12.1. The molecule has 0 spiro atoms. The van der Waals surface area contributed by atoms with Crippen LogP contribution in [0.5, 0.6) is 0 Å². The largest absolute Gasteiger partial charge is 0.478 e. The molecule has 12 saturated carbocycles. The fraction of sp³-hybridized carbons (Fsp3) is 0.821. The topological polar surface area (TPSA) is 212 Å². The number of carboxylic acids is 1. The van der Waals surface area contributed by atoms with Crippen molar-refractivity contribution in [3.05, 3.63) is 120 Å². The molecule has 3 saturated heterocycles. The molecule has 18 aliphatic rings. The molecule has 3 heterocycles. The summed E-state index contributed by atoms with van der Waals surface area (Å²) >= 11 is 0. The van der Waals surface area contributed by atoms with Crippen LogP contribution in [-0.4, -0.2) is 194 Å². The number of fused-ring (bicyclic) bond motifs is 21. The van der Waals surface area contributed by atoms with Crippen LogP contribution in [0.4, 0.5) is 0 Å². The summed E-state index contributed by atoms with van der Waals surface area (Å²) in [7, 11) is -7.39. The summed E-state index contributed by atoms with van der Waals surface area (Å²) in [6, 6.07) is 0. The van der Waals surface area contributed by atoms with Gasteiger partial charge in [-0.1, -0.05) is 201 Å². The number of carbonyl (C=O) groups excluding carboxylic acids is 1. The van der Waals surface area contributed by atoms with Crippen LogP contribution in [-0.2, 0) is 43.8 Å². The molecule has 0 radical (unpaired) electrons. The smallest absolute Gasteiger partial charge is 0.330 e. The molecule has 0 unspecified atom stereocenters. The van der Waals surface area contributed by atoms with Crippen LogP contribution in [0.1, 0.15) is 343 Å². The number of hydrogen-bond acceptors (Lipinski definition) is 15. The van der Waals surface area contributed by atoms with E-state index in [2.05, 4.69) is 212 Å². The summed E-state index contributed by atoms with van der Waals surface area (Å²) in [4.78, 5) is 30.1. The van der Waals surface area contributed by atoms with Gasteiger partial charge in [0.05, 0.1) is 22.9 Å². The highest BCUT2D eigenvalue weighted by Crippen LogP contribution is 2.81. The number of aliphatic carboxylic acids is 1. The van der Waals surface area contributed by atoms with E-state index < -0.39 is 35.5 Å². The van der Waals surface area contributed by atoms with Crippen molar-refractivity contribution in [1.29, 1.82) is 0 Å². The number of carboxylic acid groups (broad SMARTS) is 1. The maximum absolute atomic E-state index is 12.1. The van der Waals surface area contributed by atoms with Gasteiger partial charge in [0.25, 0.3) is 0 Å². The number of sulfone groups is 3. The summed E-state index contributed by atoms with van der Waals surface area (Å²) in [6.07, 6.45) is 65.8. The highest BCUT2D eigenvalue weighted by Gasteiger charge is 2.75. The van der Waals surface area contributed by atoms with Gasteiger partial charge >= 0.3 is 11.9 Å². The predicted octanol–water partition coefficient (Wildman–Crippen LogP) is 24.6. The highest BCUT2D eigenvalue weighted by molar-refractivity contribution is 7.91. The van der Waals surface area contributed by atoms with E-state index in [0.29, 0.717) is 114 Å². The van der Waals surface area contributed by atoms with E-state index >= 15 is 0 Å². The molecule has 19 heteroatoms. The second-order valence-corrected chi connectivity index (χ2v) is 62.7. The number of carbonyl (C=O) groups is 2. The molecule has 18 rings (SSSR count). The van der Waals surface area contributed by atoms with E-state index in [1.165, 1.54) is 226 Å². The van der Waals surface area contributed by atoms with Crippen LogP contribution in [0.2, 0.25) is 0 Å².